The van der Waals surface area contributed by atoms with Crippen LogP contribution in [0.3, 0.4) is 0 Å². The minimum absolute atomic E-state index is 0.0517. The Labute approximate surface area is 166 Å². The Balaban J connectivity index is 1.54. The van der Waals surface area contributed by atoms with E-state index in [-0.39, 0.29) is 17.9 Å². The molecule has 4 rings (SSSR count). The molecule has 2 aromatic rings. The fourth-order valence-corrected chi connectivity index (χ4v) is 4.15. The average molecular weight is 377 g/mol. The molecule has 0 aliphatic carbocycles. The molecule has 0 radical (unpaired) electrons. The van der Waals surface area contributed by atoms with E-state index in [4.69, 9.17) is 0 Å². The number of carbonyl (C=O) groups is 2. The second kappa shape index (κ2) is 8.15. The van der Waals surface area contributed by atoms with Crippen LogP contribution in [-0.4, -0.2) is 54.8 Å². The predicted octanol–water partition coefficient (Wildman–Crippen LogP) is 3.33. The van der Waals surface area contributed by atoms with E-state index >= 15 is 0 Å². The van der Waals surface area contributed by atoms with E-state index in [0.717, 1.165) is 43.7 Å². The molecule has 0 N–H and O–H groups in total. The van der Waals surface area contributed by atoms with Crippen molar-refractivity contribution in [2.75, 3.05) is 38.1 Å². The molecule has 2 aromatic carbocycles. The maximum atomic E-state index is 13.3. The first-order valence-corrected chi connectivity index (χ1v) is 10.1. The van der Waals surface area contributed by atoms with Gasteiger partial charge in [0, 0.05) is 43.9 Å². The van der Waals surface area contributed by atoms with Crippen molar-refractivity contribution >= 4 is 17.5 Å². The van der Waals surface area contributed by atoms with Gasteiger partial charge in [-0.2, -0.15) is 0 Å². The summed E-state index contributed by atoms with van der Waals surface area (Å²) < 4.78 is 0. The molecule has 146 valence electrons. The fraction of sp³-hybridized carbons (Fsp3) is 0.391. The van der Waals surface area contributed by atoms with E-state index in [1.54, 1.807) is 0 Å². The van der Waals surface area contributed by atoms with Gasteiger partial charge in [0.1, 0.15) is 0 Å². The molecule has 2 heterocycles. The largest absolute Gasteiger partial charge is 0.329 e. The normalized spacial score (nSPS) is 21.0. The van der Waals surface area contributed by atoms with Crippen LogP contribution in [0.25, 0.3) is 0 Å². The van der Waals surface area contributed by atoms with Gasteiger partial charge in [-0.3, -0.25) is 9.59 Å². The molecular weight excluding hydrogens is 350 g/mol. The van der Waals surface area contributed by atoms with Crippen molar-refractivity contribution in [3.05, 3.63) is 65.7 Å². The van der Waals surface area contributed by atoms with Gasteiger partial charge in [0.05, 0.1) is 6.04 Å². The summed E-state index contributed by atoms with van der Waals surface area (Å²) in [6.07, 6.45) is 2.61. The van der Waals surface area contributed by atoms with Crippen LogP contribution in [0.2, 0.25) is 0 Å². The molecule has 1 unspecified atom stereocenters. The first-order chi connectivity index (χ1) is 13.6. The Bertz CT molecular complexity index is 835. The second-order valence-electron chi connectivity index (χ2n) is 7.74. The van der Waals surface area contributed by atoms with Gasteiger partial charge in [-0.15, -0.1) is 0 Å². The molecule has 1 atom stereocenters. The third-order valence-electron chi connectivity index (χ3n) is 5.78. The lowest BCUT2D eigenvalue weighted by atomic mass is 10.0. The Morgan fingerprint density at radius 1 is 0.929 bits per heavy atom. The number of piperidine rings is 1. The van der Waals surface area contributed by atoms with Crippen LogP contribution < -0.4 is 4.90 Å². The zero-order valence-corrected chi connectivity index (χ0v) is 16.4. The van der Waals surface area contributed by atoms with Gasteiger partial charge in [-0.05, 0) is 49.7 Å². The molecule has 0 bridgehead atoms. The lowest BCUT2D eigenvalue weighted by Gasteiger charge is -2.40. The zero-order chi connectivity index (χ0) is 19.5. The maximum absolute atomic E-state index is 13.3. The number of amides is 2. The molecule has 5 heteroatoms. The SMILES string of the molecule is CN1CCN(C(=O)c2ccc(N3CCCCC3=O)cc2)C(c2ccccc2)C1. The van der Waals surface area contributed by atoms with Gasteiger partial charge in [0.2, 0.25) is 5.91 Å². The first-order valence-electron chi connectivity index (χ1n) is 10.1. The molecule has 2 saturated heterocycles. The van der Waals surface area contributed by atoms with Crippen molar-refractivity contribution < 1.29 is 9.59 Å². The quantitative estimate of drug-likeness (QED) is 0.824. The first kappa shape index (κ1) is 18.7. The van der Waals surface area contributed by atoms with Gasteiger partial charge >= 0.3 is 0 Å². The van der Waals surface area contributed by atoms with Crippen LogP contribution in [-0.2, 0) is 4.79 Å². The van der Waals surface area contributed by atoms with Crippen LogP contribution >= 0.6 is 0 Å². The molecule has 2 amide bonds. The predicted molar refractivity (Wildman–Crippen MR) is 110 cm³/mol. The smallest absolute Gasteiger partial charge is 0.254 e. The molecule has 28 heavy (non-hydrogen) atoms. The van der Waals surface area contributed by atoms with E-state index in [9.17, 15) is 9.59 Å². The van der Waals surface area contributed by atoms with Gasteiger partial charge in [-0.25, -0.2) is 0 Å². The van der Waals surface area contributed by atoms with Crippen molar-refractivity contribution in [1.29, 1.82) is 0 Å². The number of hydrogen-bond donors (Lipinski definition) is 0. The van der Waals surface area contributed by atoms with E-state index in [2.05, 4.69) is 24.1 Å². The van der Waals surface area contributed by atoms with Crippen molar-refractivity contribution in [2.24, 2.45) is 0 Å². The van der Waals surface area contributed by atoms with Crippen LogP contribution in [0.5, 0.6) is 0 Å². The minimum atomic E-state index is 0.0517. The van der Waals surface area contributed by atoms with Crippen molar-refractivity contribution in [1.82, 2.24) is 9.80 Å². The number of anilines is 1. The van der Waals surface area contributed by atoms with Crippen LogP contribution in [0.4, 0.5) is 5.69 Å². The van der Waals surface area contributed by atoms with E-state index in [1.165, 1.54) is 0 Å². The number of carbonyl (C=O) groups excluding carboxylic acids is 2. The molecule has 0 spiro atoms. The highest BCUT2D eigenvalue weighted by Gasteiger charge is 2.31. The van der Waals surface area contributed by atoms with Crippen LogP contribution in [0, 0.1) is 0 Å². The monoisotopic (exact) mass is 377 g/mol. The number of likely N-dealkylation sites (N-methyl/N-ethyl adjacent to an activating group) is 1. The highest BCUT2D eigenvalue weighted by molar-refractivity contribution is 5.97. The van der Waals surface area contributed by atoms with E-state index in [1.807, 2.05) is 52.3 Å². The second-order valence-corrected chi connectivity index (χ2v) is 7.74. The summed E-state index contributed by atoms with van der Waals surface area (Å²) in [5, 5.41) is 0. The summed E-state index contributed by atoms with van der Waals surface area (Å²) in [7, 11) is 2.10. The lowest BCUT2D eigenvalue weighted by Crippen LogP contribution is -2.49. The summed E-state index contributed by atoms with van der Waals surface area (Å²) in [5.74, 6) is 0.229. The summed E-state index contributed by atoms with van der Waals surface area (Å²) >= 11 is 0. The average Bonchev–Trinajstić information content (AvgIpc) is 2.74. The Morgan fingerprint density at radius 2 is 1.68 bits per heavy atom. The van der Waals surface area contributed by atoms with E-state index < -0.39 is 0 Å². The van der Waals surface area contributed by atoms with Crippen LogP contribution in [0.1, 0.15) is 41.2 Å². The van der Waals surface area contributed by atoms with Gasteiger partial charge in [0.15, 0.2) is 0 Å². The summed E-state index contributed by atoms with van der Waals surface area (Å²) in [6, 6.07) is 17.8. The van der Waals surface area contributed by atoms with E-state index in [0.29, 0.717) is 18.5 Å². The molecule has 2 fully saturated rings. The molecule has 0 saturated carbocycles. The molecule has 2 aliphatic heterocycles. The van der Waals surface area contributed by atoms with Crippen molar-refractivity contribution in [2.45, 2.75) is 25.3 Å². The van der Waals surface area contributed by atoms with Crippen molar-refractivity contribution in [3.63, 3.8) is 0 Å². The molecular formula is C23H27N3O2. The number of hydrogen-bond acceptors (Lipinski definition) is 3. The summed E-state index contributed by atoms with van der Waals surface area (Å²) in [5.41, 5.74) is 2.73. The Hall–Kier alpha value is -2.66. The maximum Gasteiger partial charge on any atom is 0.254 e. The van der Waals surface area contributed by atoms with Gasteiger partial charge in [-0.1, -0.05) is 30.3 Å². The van der Waals surface area contributed by atoms with Crippen molar-refractivity contribution in [3.8, 4) is 0 Å². The Morgan fingerprint density at radius 3 is 2.39 bits per heavy atom. The molecule has 2 aliphatic rings. The number of nitrogens with zero attached hydrogens (tertiary/aromatic N) is 3. The van der Waals surface area contributed by atoms with Crippen LogP contribution in [0.15, 0.2) is 54.6 Å². The van der Waals surface area contributed by atoms with Gasteiger partial charge in [0.25, 0.3) is 5.91 Å². The lowest BCUT2D eigenvalue weighted by molar-refractivity contribution is -0.119. The molecule has 5 nitrogen and oxygen atoms in total. The fourth-order valence-electron chi connectivity index (χ4n) is 4.15. The standard InChI is InChI=1S/C23H27N3O2/c1-24-15-16-26(21(17-24)18-7-3-2-4-8-18)23(28)19-10-12-20(13-11-19)25-14-6-5-9-22(25)27/h2-4,7-8,10-13,21H,5-6,9,14-17H2,1H3. The highest BCUT2D eigenvalue weighted by Crippen LogP contribution is 2.27. The third-order valence-corrected chi connectivity index (χ3v) is 5.78. The third kappa shape index (κ3) is 3.80. The summed E-state index contributed by atoms with van der Waals surface area (Å²) in [4.78, 5) is 31.5. The minimum Gasteiger partial charge on any atom is -0.329 e. The summed E-state index contributed by atoms with van der Waals surface area (Å²) in [6.45, 7) is 3.17. The number of piperazine rings is 1. The number of benzene rings is 2. The highest BCUT2D eigenvalue weighted by atomic mass is 16.2. The zero-order valence-electron chi connectivity index (χ0n) is 16.4. The number of rotatable bonds is 3. The topological polar surface area (TPSA) is 43.9 Å². The van der Waals surface area contributed by atoms with Gasteiger partial charge < -0.3 is 14.7 Å². The molecule has 0 aromatic heterocycles. The Kier molecular flexibility index (Phi) is 5.44.